The molecular weight excluding hydrogens is 324 g/mol. The van der Waals surface area contributed by atoms with E-state index >= 15 is 0 Å². The second-order valence-corrected chi connectivity index (χ2v) is 6.14. The highest BCUT2D eigenvalue weighted by molar-refractivity contribution is 5.91. The number of aromatic nitrogens is 5. The molecule has 1 atom stereocenters. The Morgan fingerprint density at radius 2 is 2.32 bits per heavy atom. The molecule has 25 heavy (non-hydrogen) atoms. The first-order valence-corrected chi connectivity index (χ1v) is 8.23. The van der Waals surface area contributed by atoms with E-state index in [1.54, 1.807) is 30.2 Å². The molecule has 0 radical (unpaired) electrons. The number of rotatable bonds is 6. The highest BCUT2D eigenvalue weighted by Crippen LogP contribution is 2.21. The normalized spacial score (nSPS) is 17.0. The molecule has 1 aliphatic rings. The SMILES string of the molecule is Cn1ncc(N2CCC(CNC(=O)c3cn(CCN)nn3)C2)cc1=O. The zero-order valence-corrected chi connectivity index (χ0v) is 14.1. The van der Waals surface area contributed by atoms with Crippen molar-refractivity contribution >= 4 is 11.6 Å². The second-order valence-electron chi connectivity index (χ2n) is 6.14. The van der Waals surface area contributed by atoms with Crippen molar-refractivity contribution in [3.8, 4) is 0 Å². The summed E-state index contributed by atoms with van der Waals surface area (Å²) in [5.41, 5.74) is 6.43. The minimum absolute atomic E-state index is 0.130. The molecule has 10 heteroatoms. The number of anilines is 1. The molecule has 1 amide bonds. The van der Waals surface area contributed by atoms with Crippen molar-refractivity contribution in [2.75, 3.05) is 31.1 Å². The molecular formula is C15H22N8O2. The fourth-order valence-electron chi connectivity index (χ4n) is 2.84. The van der Waals surface area contributed by atoms with Gasteiger partial charge in [0.25, 0.3) is 11.5 Å². The lowest BCUT2D eigenvalue weighted by Gasteiger charge is -2.18. The highest BCUT2D eigenvalue weighted by atomic mass is 16.2. The average molecular weight is 346 g/mol. The van der Waals surface area contributed by atoms with Crippen molar-refractivity contribution < 1.29 is 4.79 Å². The third-order valence-electron chi connectivity index (χ3n) is 4.29. The summed E-state index contributed by atoms with van der Waals surface area (Å²) < 4.78 is 2.85. The van der Waals surface area contributed by atoms with Gasteiger partial charge in [-0.15, -0.1) is 5.10 Å². The van der Waals surface area contributed by atoms with Gasteiger partial charge in [0, 0.05) is 39.3 Å². The Labute approximate surface area is 144 Å². The molecule has 1 unspecified atom stereocenters. The van der Waals surface area contributed by atoms with Crippen LogP contribution in [0.25, 0.3) is 0 Å². The Bertz CT molecular complexity index is 799. The van der Waals surface area contributed by atoms with Crippen LogP contribution >= 0.6 is 0 Å². The molecule has 1 aliphatic heterocycles. The molecule has 2 aromatic heterocycles. The van der Waals surface area contributed by atoms with Crippen LogP contribution < -0.4 is 21.5 Å². The van der Waals surface area contributed by atoms with Crippen molar-refractivity contribution in [1.29, 1.82) is 0 Å². The number of hydrogen-bond donors (Lipinski definition) is 2. The van der Waals surface area contributed by atoms with Gasteiger partial charge in [-0.3, -0.25) is 14.3 Å². The van der Waals surface area contributed by atoms with Gasteiger partial charge in [0.15, 0.2) is 5.69 Å². The minimum Gasteiger partial charge on any atom is -0.370 e. The molecule has 10 nitrogen and oxygen atoms in total. The Balaban J connectivity index is 1.51. The summed E-state index contributed by atoms with van der Waals surface area (Å²) in [6, 6.07) is 1.59. The molecule has 0 bridgehead atoms. The third kappa shape index (κ3) is 4.02. The summed E-state index contributed by atoms with van der Waals surface area (Å²) in [5.74, 6) is 0.0732. The number of carbonyl (C=O) groups is 1. The number of hydrogen-bond acceptors (Lipinski definition) is 7. The fraction of sp³-hybridized carbons (Fsp3) is 0.533. The lowest BCUT2D eigenvalue weighted by atomic mass is 10.1. The van der Waals surface area contributed by atoms with Crippen LogP contribution in [0.1, 0.15) is 16.9 Å². The van der Waals surface area contributed by atoms with Gasteiger partial charge in [0.1, 0.15) is 0 Å². The number of amides is 1. The van der Waals surface area contributed by atoms with Crippen LogP contribution in [-0.2, 0) is 13.6 Å². The summed E-state index contributed by atoms with van der Waals surface area (Å²) in [6.07, 6.45) is 4.22. The van der Waals surface area contributed by atoms with Gasteiger partial charge >= 0.3 is 0 Å². The molecule has 3 heterocycles. The van der Waals surface area contributed by atoms with Gasteiger partial charge in [-0.1, -0.05) is 5.21 Å². The van der Waals surface area contributed by atoms with Crippen LogP contribution in [0.15, 0.2) is 23.3 Å². The molecule has 2 aromatic rings. The summed E-state index contributed by atoms with van der Waals surface area (Å²) in [6.45, 7) is 3.14. The van der Waals surface area contributed by atoms with Crippen LogP contribution in [0, 0.1) is 5.92 Å². The minimum atomic E-state index is -0.239. The number of nitrogens with zero attached hydrogens (tertiary/aromatic N) is 6. The fourth-order valence-corrected chi connectivity index (χ4v) is 2.84. The molecule has 0 aromatic carbocycles. The van der Waals surface area contributed by atoms with Crippen molar-refractivity contribution in [1.82, 2.24) is 30.1 Å². The first kappa shape index (κ1) is 17.1. The number of nitrogens with two attached hydrogens (primary N) is 1. The second kappa shape index (κ2) is 7.43. The van der Waals surface area contributed by atoms with E-state index in [9.17, 15) is 9.59 Å². The highest BCUT2D eigenvalue weighted by Gasteiger charge is 2.24. The summed E-state index contributed by atoms with van der Waals surface area (Å²) in [7, 11) is 1.62. The lowest BCUT2D eigenvalue weighted by Crippen LogP contribution is -2.31. The van der Waals surface area contributed by atoms with Gasteiger partial charge in [-0.2, -0.15) is 5.10 Å². The zero-order valence-electron chi connectivity index (χ0n) is 14.1. The quantitative estimate of drug-likeness (QED) is 0.658. The van der Waals surface area contributed by atoms with E-state index < -0.39 is 0 Å². The van der Waals surface area contributed by atoms with E-state index in [0.29, 0.717) is 31.2 Å². The van der Waals surface area contributed by atoms with Crippen LogP contribution in [0.5, 0.6) is 0 Å². The van der Waals surface area contributed by atoms with E-state index in [0.717, 1.165) is 25.2 Å². The summed E-state index contributed by atoms with van der Waals surface area (Å²) in [5, 5.41) is 14.6. The standard InChI is InChI=1S/C15H22N8O2/c1-21-14(24)6-12(8-18-21)22-4-2-11(9-22)7-17-15(25)13-10-23(5-3-16)20-19-13/h6,8,10-11H,2-5,7,9,16H2,1H3,(H,17,25). The third-order valence-corrected chi connectivity index (χ3v) is 4.29. The maximum atomic E-state index is 12.1. The van der Waals surface area contributed by atoms with Crippen molar-refractivity contribution in [2.24, 2.45) is 18.7 Å². The molecule has 0 aliphatic carbocycles. The van der Waals surface area contributed by atoms with Crippen LogP contribution in [-0.4, -0.2) is 56.9 Å². The zero-order chi connectivity index (χ0) is 17.8. The van der Waals surface area contributed by atoms with E-state index in [2.05, 4.69) is 25.6 Å². The maximum absolute atomic E-state index is 12.1. The van der Waals surface area contributed by atoms with Crippen LogP contribution in [0.3, 0.4) is 0 Å². The van der Waals surface area contributed by atoms with E-state index in [-0.39, 0.29) is 11.5 Å². The number of aryl methyl sites for hydroxylation is 1. The van der Waals surface area contributed by atoms with Gasteiger partial charge in [0.2, 0.25) is 0 Å². The smallest absolute Gasteiger partial charge is 0.273 e. The van der Waals surface area contributed by atoms with Crippen molar-refractivity contribution in [2.45, 2.75) is 13.0 Å². The monoisotopic (exact) mass is 346 g/mol. The topological polar surface area (TPSA) is 124 Å². The first-order valence-electron chi connectivity index (χ1n) is 8.23. The van der Waals surface area contributed by atoms with Gasteiger partial charge in [0.05, 0.1) is 24.6 Å². The van der Waals surface area contributed by atoms with Crippen molar-refractivity contribution in [3.63, 3.8) is 0 Å². The molecule has 0 saturated carbocycles. The maximum Gasteiger partial charge on any atom is 0.273 e. The van der Waals surface area contributed by atoms with Gasteiger partial charge in [-0.25, -0.2) is 4.68 Å². The largest absolute Gasteiger partial charge is 0.370 e. The molecule has 3 rings (SSSR count). The molecule has 3 N–H and O–H groups in total. The summed E-state index contributed by atoms with van der Waals surface area (Å²) in [4.78, 5) is 25.9. The Morgan fingerprint density at radius 1 is 1.48 bits per heavy atom. The van der Waals surface area contributed by atoms with E-state index in [4.69, 9.17) is 5.73 Å². The molecule has 134 valence electrons. The van der Waals surface area contributed by atoms with E-state index in [1.165, 1.54) is 4.68 Å². The van der Waals surface area contributed by atoms with E-state index in [1.807, 2.05) is 0 Å². The molecule has 1 saturated heterocycles. The number of nitrogens with one attached hydrogen (secondary N) is 1. The lowest BCUT2D eigenvalue weighted by molar-refractivity contribution is 0.0943. The van der Waals surface area contributed by atoms with Gasteiger partial charge in [-0.05, 0) is 12.3 Å². The summed E-state index contributed by atoms with van der Waals surface area (Å²) >= 11 is 0. The Hall–Kier alpha value is -2.75. The molecule has 0 spiro atoms. The van der Waals surface area contributed by atoms with Crippen molar-refractivity contribution in [3.05, 3.63) is 34.5 Å². The number of carbonyl (C=O) groups excluding carboxylic acids is 1. The predicted molar refractivity (Wildman–Crippen MR) is 91.2 cm³/mol. The molecule has 1 fully saturated rings. The Morgan fingerprint density at radius 3 is 3.08 bits per heavy atom. The first-order chi connectivity index (χ1) is 12.1. The van der Waals surface area contributed by atoms with Gasteiger partial charge < -0.3 is 16.0 Å². The van der Waals surface area contributed by atoms with Crippen LogP contribution in [0.2, 0.25) is 0 Å². The average Bonchev–Trinajstić information content (AvgIpc) is 3.25. The van der Waals surface area contributed by atoms with Crippen LogP contribution in [0.4, 0.5) is 5.69 Å². The predicted octanol–water partition coefficient (Wildman–Crippen LogP) is -1.41. The Kier molecular flexibility index (Phi) is 5.08.